The highest BCUT2D eigenvalue weighted by atomic mass is 16.5. The molecule has 0 saturated carbocycles. The summed E-state index contributed by atoms with van der Waals surface area (Å²) in [7, 11) is 1.62. The van der Waals surface area contributed by atoms with Crippen molar-refractivity contribution in [1.29, 1.82) is 0 Å². The molecule has 0 aliphatic carbocycles. The average molecular weight is 457 g/mol. The third kappa shape index (κ3) is 6.38. The van der Waals surface area contributed by atoms with E-state index in [0.717, 1.165) is 30.6 Å². The summed E-state index contributed by atoms with van der Waals surface area (Å²) in [6.45, 7) is 7.93. The van der Waals surface area contributed by atoms with Crippen molar-refractivity contribution >= 4 is 17.4 Å². The van der Waals surface area contributed by atoms with E-state index < -0.39 is 0 Å². The van der Waals surface area contributed by atoms with E-state index in [0.29, 0.717) is 30.9 Å². The van der Waals surface area contributed by atoms with Crippen LogP contribution in [0, 0.1) is 0 Å². The monoisotopic (exact) mass is 456 g/mol. The summed E-state index contributed by atoms with van der Waals surface area (Å²) in [6.07, 6.45) is 9.42. The molecule has 2 aliphatic heterocycles. The van der Waals surface area contributed by atoms with Gasteiger partial charge in [0.15, 0.2) is 0 Å². The maximum atomic E-state index is 13.5. The highest BCUT2D eigenvalue weighted by Crippen LogP contribution is 2.34. The van der Waals surface area contributed by atoms with E-state index in [1.54, 1.807) is 7.11 Å². The van der Waals surface area contributed by atoms with Gasteiger partial charge >= 0.3 is 0 Å². The molecule has 2 aliphatic rings. The number of rotatable bonds is 12. The lowest BCUT2D eigenvalue weighted by Gasteiger charge is -2.37. The number of hydrogen-bond donors (Lipinski definition) is 0. The Bertz CT molecular complexity index is 823. The molecule has 0 aromatic heterocycles. The Balaban J connectivity index is 1.73. The van der Waals surface area contributed by atoms with E-state index in [4.69, 9.17) is 9.47 Å². The fraction of sp³-hybridized carbons (Fsp3) is 0.630. The van der Waals surface area contributed by atoms with Gasteiger partial charge in [0, 0.05) is 19.6 Å². The van der Waals surface area contributed by atoms with Crippen LogP contribution in [0.3, 0.4) is 0 Å². The van der Waals surface area contributed by atoms with E-state index in [1.807, 2.05) is 43.0 Å². The minimum Gasteiger partial charge on any atom is -0.497 e. The van der Waals surface area contributed by atoms with Gasteiger partial charge in [-0.05, 0) is 38.0 Å². The number of carbonyl (C=O) groups excluding carboxylic acids is 2. The predicted octanol–water partition coefficient (Wildman–Crippen LogP) is 5.03. The largest absolute Gasteiger partial charge is 0.497 e. The average Bonchev–Trinajstić information content (AvgIpc) is 3.04. The molecule has 1 saturated heterocycles. The second kappa shape index (κ2) is 12.2. The van der Waals surface area contributed by atoms with Crippen molar-refractivity contribution < 1.29 is 19.1 Å². The van der Waals surface area contributed by atoms with E-state index in [9.17, 15) is 9.59 Å². The number of morpholine rings is 1. The third-order valence-electron chi connectivity index (χ3n) is 6.49. The molecular weight excluding hydrogens is 416 g/mol. The van der Waals surface area contributed by atoms with E-state index >= 15 is 0 Å². The molecular formula is C27H40N2O4. The number of benzene rings is 1. The van der Waals surface area contributed by atoms with E-state index in [1.165, 1.54) is 37.0 Å². The molecule has 2 atom stereocenters. The van der Waals surface area contributed by atoms with Gasteiger partial charge in [0.05, 0.1) is 24.9 Å². The molecule has 0 N–H and O–H groups in total. The Hall–Kier alpha value is -2.34. The standard InChI is InChI=1S/C27H40N2O4/c1-5-6-7-8-9-10-11-12-17-29-26(30)24(22-13-15-23(32-4)16-14-22)25(27(29)31)28-18-20(2)33-21(3)19-28/h13-16,20-21H,5-12,17-19H2,1-4H3. The molecule has 1 aromatic carbocycles. The van der Waals surface area contributed by atoms with Crippen molar-refractivity contribution in [3.05, 3.63) is 35.5 Å². The zero-order valence-corrected chi connectivity index (χ0v) is 20.8. The Morgan fingerprint density at radius 2 is 1.45 bits per heavy atom. The van der Waals surface area contributed by atoms with Crippen molar-refractivity contribution in [2.24, 2.45) is 0 Å². The molecule has 3 rings (SSSR count). The Morgan fingerprint density at radius 1 is 0.879 bits per heavy atom. The molecule has 1 fully saturated rings. The van der Waals surface area contributed by atoms with Gasteiger partial charge in [-0.25, -0.2) is 0 Å². The first kappa shape index (κ1) is 25.3. The number of unbranched alkanes of at least 4 members (excludes halogenated alkanes) is 7. The highest BCUT2D eigenvalue weighted by Gasteiger charge is 2.42. The normalized spacial score (nSPS) is 21.3. The number of nitrogens with zero attached hydrogens (tertiary/aromatic N) is 2. The number of methoxy groups -OCH3 is 1. The Morgan fingerprint density at radius 3 is 2.03 bits per heavy atom. The summed E-state index contributed by atoms with van der Waals surface area (Å²) < 4.78 is 11.1. The van der Waals surface area contributed by atoms with Gasteiger partial charge in [0.25, 0.3) is 11.8 Å². The van der Waals surface area contributed by atoms with Crippen molar-refractivity contribution in [2.75, 3.05) is 26.7 Å². The van der Waals surface area contributed by atoms with Crippen LogP contribution in [-0.4, -0.2) is 60.6 Å². The van der Waals surface area contributed by atoms with Gasteiger partial charge < -0.3 is 14.4 Å². The van der Waals surface area contributed by atoms with Crippen LogP contribution < -0.4 is 4.74 Å². The first-order chi connectivity index (χ1) is 16.0. The summed E-state index contributed by atoms with van der Waals surface area (Å²) in [5.74, 6) is 0.368. The van der Waals surface area contributed by atoms with Crippen molar-refractivity contribution in [3.63, 3.8) is 0 Å². The fourth-order valence-electron chi connectivity index (χ4n) is 4.84. The van der Waals surface area contributed by atoms with Crippen molar-refractivity contribution in [1.82, 2.24) is 9.80 Å². The minimum absolute atomic E-state index is 0.00280. The Kier molecular flexibility index (Phi) is 9.36. The lowest BCUT2D eigenvalue weighted by atomic mass is 10.0. The fourth-order valence-corrected chi connectivity index (χ4v) is 4.84. The number of carbonyl (C=O) groups is 2. The minimum atomic E-state index is -0.185. The van der Waals surface area contributed by atoms with Crippen LogP contribution in [0.1, 0.15) is 77.7 Å². The zero-order valence-electron chi connectivity index (χ0n) is 20.8. The van der Waals surface area contributed by atoms with Crippen LogP contribution in [0.15, 0.2) is 30.0 Å². The zero-order chi connectivity index (χ0) is 23.8. The maximum Gasteiger partial charge on any atom is 0.277 e. The van der Waals surface area contributed by atoms with Crippen molar-refractivity contribution in [2.45, 2.75) is 84.3 Å². The SMILES string of the molecule is CCCCCCCCCCN1C(=O)C(c2ccc(OC)cc2)=C(N2CC(C)OC(C)C2)C1=O. The lowest BCUT2D eigenvalue weighted by molar-refractivity contribution is -0.138. The number of ether oxygens (including phenoxy) is 2. The summed E-state index contributed by atoms with van der Waals surface area (Å²) in [6, 6.07) is 7.41. The van der Waals surface area contributed by atoms with Gasteiger partial charge in [0.1, 0.15) is 11.4 Å². The van der Waals surface area contributed by atoms with Crippen LogP contribution in [0.5, 0.6) is 5.75 Å². The van der Waals surface area contributed by atoms with Crippen LogP contribution >= 0.6 is 0 Å². The molecule has 1 aromatic rings. The molecule has 2 unspecified atom stereocenters. The van der Waals surface area contributed by atoms with Gasteiger partial charge in [-0.2, -0.15) is 0 Å². The third-order valence-corrected chi connectivity index (χ3v) is 6.49. The topological polar surface area (TPSA) is 59.1 Å². The second-order valence-electron chi connectivity index (χ2n) is 9.35. The molecule has 2 heterocycles. The lowest BCUT2D eigenvalue weighted by Crippen LogP contribution is -2.47. The first-order valence-corrected chi connectivity index (χ1v) is 12.6. The summed E-state index contributed by atoms with van der Waals surface area (Å²) in [5.41, 5.74) is 1.78. The number of hydrogen-bond acceptors (Lipinski definition) is 5. The summed E-state index contributed by atoms with van der Waals surface area (Å²) >= 11 is 0. The van der Waals surface area contributed by atoms with E-state index in [2.05, 4.69) is 6.92 Å². The van der Waals surface area contributed by atoms with Gasteiger partial charge in [-0.15, -0.1) is 0 Å². The first-order valence-electron chi connectivity index (χ1n) is 12.6. The quantitative estimate of drug-likeness (QED) is 0.326. The molecule has 2 amide bonds. The van der Waals surface area contributed by atoms with Crippen LogP contribution in [0.4, 0.5) is 0 Å². The molecule has 33 heavy (non-hydrogen) atoms. The van der Waals surface area contributed by atoms with E-state index in [-0.39, 0.29) is 24.0 Å². The number of imide groups is 1. The maximum absolute atomic E-state index is 13.5. The summed E-state index contributed by atoms with van der Waals surface area (Å²) in [4.78, 5) is 30.5. The molecule has 6 nitrogen and oxygen atoms in total. The second-order valence-corrected chi connectivity index (χ2v) is 9.35. The van der Waals surface area contributed by atoms with Gasteiger partial charge in [0.2, 0.25) is 0 Å². The van der Waals surface area contributed by atoms with Crippen molar-refractivity contribution in [3.8, 4) is 5.75 Å². The molecule has 0 spiro atoms. The van der Waals surface area contributed by atoms with Gasteiger partial charge in [-0.1, -0.05) is 64.0 Å². The molecule has 182 valence electrons. The summed E-state index contributed by atoms with van der Waals surface area (Å²) in [5, 5.41) is 0. The molecule has 6 heteroatoms. The molecule has 0 bridgehead atoms. The van der Waals surface area contributed by atoms with Gasteiger partial charge in [-0.3, -0.25) is 14.5 Å². The highest BCUT2D eigenvalue weighted by molar-refractivity contribution is 6.35. The van der Waals surface area contributed by atoms with Crippen LogP contribution in [-0.2, 0) is 14.3 Å². The Labute approximate surface area is 198 Å². The smallest absolute Gasteiger partial charge is 0.277 e. The number of amides is 2. The predicted molar refractivity (Wildman–Crippen MR) is 131 cm³/mol. The molecule has 0 radical (unpaired) electrons. The van der Waals surface area contributed by atoms with Crippen LogP contribution in [0.2, 0.25) is 0 Å². The van der Waals surface area contributed by atoms with Crippen LogP contribution in [0.25, 0.3) is 5.57 Å².